The minimum absolute atomic E-state index is 0.110. The van der Waals surface area contributed by atoms with Crippen molar-refractivity contribution in [1.82, 2.24) is 19.8 Å². The number of rotatable bonds is 6. The lowest BCUT2D eigenvalue weighted by molar-refractivity contribution is -0.120. The molecule has 4 aromatic rings. The van der Waals surface area contributed by atoms with E-state index in [1.165, 1.54) is 16.0 Å². The fraction of sp³-hybridized carbons (Fsp3) is 0.207. The van der Waals surface area contributed by atoms with Crippen molar-refractivity contribution in [2.75, 3.05) is 11.4 Å². The highest BCUT2D eigenvalue weighted by molar-refractivity contribution is 6.37. The summed E-state index contributed by atoms with van der Waals surface area (Å²) in [6, 6.07) is 15.8. The third-order valence-corrected chi connectivity index (χ3v) is 7.62. The van der Waals surface area contributed by atoms with Crippen LogP contribution < -0.4 is 15.0 Å². The van der Waals surface area contributed by atoms with Gasteiger partial charge in [-0.1, -0.05) is 47.5 Å². The molecule has 0 aliphatic carbocycles. The van der Waals surface area contributed by atoms with Crippen LogP contribution in [-0.2, 0) is 31.5 Å². The SMILES string of the molecule is Cn1c(N2CCC(=O)NC2=O)cnc1-c1ccc2c(c1)CN(Cc1ccc(Oc3c(Cl)cc(F)cc3Cl)cc1)C2. The number of nitrogens with one attached hydrogen (secondary N) is 1. The molecule has 204 valence electrons. The molecule has 3 amide bonds. The summed E-state index contributed by atoms with van der Waals surface area (Å²) in [5, 5.41) is 2.57. The van der Waals surface area contributed by atoms with Crippen molar-refractivity contribution in [3.05, 3.63) is 93.3 Å². The number of nitrogens with zero attached hydrogens (tertiary/aromatic N) is 4. The number of imide groups is 1. The van der Waals surface area contributed by atoms with Crippen LogP contribution in [-0.4, -0.2) is 32.9 Å². The van der Waals surface area contributed by atoms with E-state index in [1.54, 1.807) is 6.20 Å². The maximum Gasteiger partial charge on any atom is 0.329 e. The fourth-order valence-corrected chi connectivity index (χ4v) is 5.62. The van der Waals surface area contributed by atoms with Crippen LogP contribution in [0.3, 0.4) is 0 Å². The topological polar surface area (TPSA) is 79.7 Å². The number of amides is 3. The summed E-state index contributed by atoms with van der Waals surface area (Å²) < 4.78 is 21.1. The molecule has 40 heavy (non-hydrogen) atoms. The van der Waals surface area contributed by atoms with Crippen LogP contribution in [0.2, 0.25) is 10.0 Å². The lowest BCUT2D eigenvalue weighted by Gasteiger charge is -2.26. The normalized spacial score (nSPS) is 15.3. The Kier molecular flexibility index (Phi) is 6.95. The average molecular weight is 580 g/mol. The number of carbonyl (C=O) groups is 2. The van der Waals surface area contributed by atoms with Gasteiger partial charge in [0.15, 0.2) is 5.75 Å². The van der Waals surface area contributed by atoms with Gasteiger partial charge in [-0.25, -0.2) is 14.2 Å². The van der Waals surface area contributed by atoms with Gasteiger partial charge in [0, 0.05) is 45.2 Å². The number of hydrogen-bond acceptors (Lipinski definition) is 5. The standard InChI is InChI=1S/C29H24Cl2FN5O3/c1-35-26(37-9-8-25(38)34-29(37)39)13-33-28(35)18-4-5-19-15-36(16-20(19)10-18)14-17-2-6-22(7-3-17)40-27-23(30)11-21(32)12-24(27)31/h2-7,10-13H,8-9,14-16H2,1H3,(H,34,38,39). The van der Waals surface area contributed by atoms with E-state index in [9.17, 15) is 14.0 Å². The van der Waals surface area contributed by atoms with Crippen molar-refractivity contribution < 1.29 is 18.7 Å². The average Bonchev–Trinajstić information content (AvgIpc) is 3.49. The van der Waals surface area contributed by atoms with Gasteiger partial charge in [-0.15, -0.1) is 0 Å². The van der Waals surface area contributed by atoms with Crippen LogP contribution in [0.4, 0.5) is 15.0 Å². The lowest BCUT2D eigenvalue weighted by Crippen LogP contribution is -2.50. The number of hydrogen-bond donors (Lipinski definition) is 1. The third-order valence-electron chi connectivity index (χ3n) is 7.06. The molecule has 3 heterocycles. The van der Waals surface area contributed by atoms with Gasteiger partial charge in [-0.05, 0) is 47.0 Å². The van der Waals surface area contributed by atoms with E-state index in [0.29, 0.717) is 18.1 Å². The second-order valence-corrected chi connectivity index (χ2v) is 10.6. The van der Waals surface area contributed by atoms with Crippen molar-refractivity contribution in [2.45, 2.75) is 26.1 Å². The molecule has 1 fully saturated rings. The molecule has 0 radical (unpaired) electrons. The molecule has 0 bridgehead atoms. The second kappa shape index (κ2) is 10.6. The molecule has 1 N–H and O–H groups in total. The van der Waals surface area contributed by atoms with E-state index in [2.05, 4.69) is 27.3 Å². The fourth-order valence-electron chi connectivity index (χ4n) is 5.08. The van der Waals surface area contributed by atoms with Gasteiger partial charge in [0.05, 0.1) is 16.2 Å². The molecule has 3 aromatic carbocycles. The Morgan fingerprint density at radius 3 is 2.45 bits per heavy atom. The summed E-state index contributed by atoms with van der Waals surface area (Å²) >= 11 is 12.2. The quantitative estimate of drug-likeness (QED) is 0.290. The molecule has 1 saturated heterocycles. The largest absolute Gasteiger partial charge is 0.454 e. The summed E-state index contributed by atoms with van der Waals surface area (Å²) in [7, 11) is 1.87. The van der Waals surface area contributed by atoms with Crippen LogP contribution in [0.1, 0.15) is 23.1 Å². The Balaban J connectivity index is 1.12. The summed E-state index contributed by atoms with van der Waals surface area (Å²) in [6.45, 7) is 2.68. The van der Waals surface area contributed by atoms with E-state index in [0.717, 1.165) is 48.7 Å². The molecule has 8 nitrogen and oxygen atoms in total. The molecular formula is C29H24Cl2FN5O3. The highest BCUT2D eigenvalue weighted by atomic mass is 35.5. The maximum atomic E-state index is 13.5. The van der Waals surface area contributed by atoms with Crippen molar-refractivity contribution in [3.8, 4) is 22.9 Å². The van der Waals surface area contributed by atoms with Gasteiger partial charge in [0.1, 0.15) is 23.2 Å². The zero-order valence-corrected chi connectivity index (χ0v) is 23.0. The van der Waals surface area contributed by atoms with Gasteiger partial charge >= 0.3 is 6.03 Å². The number of ether oxygens (including phenoxy) is 1. The highest BCUT2D eigenvalue weighted by Crippen LogP contribution is 2.37. The van der Waals surface area contributed by atoms with Gasteiger partial charge in [-0.2, -0.15) is 0 Å². The zero-order valence-electron chi connectivity index (χ0n) is 21.5. The van der Waals surface area contributed by atoms with Crippen LogP contribution in [0, 0.1) is 5.82 Å². The summed E-state index contributed by atoms with van der Waals surface area (Å²) in [4.78, 5) is 32.3. The monoisotopic (exact) mass is 579 g/mol. The minimum Gasteiger partial charge on any atom is -0.454 e. The number of carbonyl (C=O) groups excluding carboxylic acids is 2. The van der Waals surface area contributed by atoms with E-state index in [-0.39, 0.29) is 28.1 Å². The van der Waals surface area contributed by atoms with Gasteiger partial charge in [0.2, 0.25) is 5.91 Å². The first-order valence-electron chi connectivity index (χ1n) is 12.6. The first kappa shape index (κ1) is 26.3. The number of imidazole rings is 1. The van der Waals surface area contributed by atoms with Gasteiger partial charge < -0.3 is 9.30 Å². The van der Waals surface area contributed by atoms with Gasteiger partial charge in [-0.3, -0.25) is 19.9 Å². The summed E-state index contributed by atoms with van der Waals surface area (Å²) in [5.41, 5.74) is 4.56. The van der Waals surface area contributed by atoms with Crippen LogP contribution in [0.5, 0.6) is 11.5 Å². The number of aromatic nitrogens is 2. The molecule has 6 rings (SSSR count). The number of urea groups is 1. The minimum atomic E-state index is -0.522. The second-order valence-electron chi connectivity index (χ2n) is 9.83. The summed E-state index contributed by atoms with van der Waals surface area (Å²) in [5.74, 6) is 1.37. The molecule has 2 aliphatic heterocycles. The number of halogens is 3. The molecule has 1 aromatic heterocycles. The zero-order chi connectivity index (χ0) is 28.0. The maximum absolute atomic E-state index is 13.5. The molecule has 0 unspecified atom stereocenters. The Bertz CT molecular complexity index is 1620. The third kappa shape index (κ3) is 5.15. The van der Waals surface area contributed by atoms with Crippen molar-refractivity contribution in [1.29, 1.82) is 0 Å². The van der Waals surface area contributed by atoms with E-state index >= 15 is 0 Å². The molecular weight excluding hydrogens is 556 g/mol. The summed E-state index contributed by atoms with van der Waals surface area (Å²) in [6.07, 6.45) is 1.92. The number of anilines is 1. The molecule has 11 heteroatoms. The number of benzene rings is 3. The Morgan fingerprint density at radius 2 is 1.73 bits per heavy atom. The Labute approximate surface area is 239 Å². The Morgan fingerprint density at radius 1 is 1.00 bits per heavy atom. The van der Waals surface area contributed by atoms with Crippen molar-refractivity contribution in [2.24, 2.45) is 7.05 Å². The van der Waals surface area contributed by atoms with Crippen molar-refractivity contribution >= 4 is 41.0 Å². The van der Waals surface area contributed by atoms with Gasteiger partial charge in [0.25, 0.3) is 0 Å². The first-order valence-corrected chi connectivity index (χ1v) is 13.4. The van der Waals surface area contributed by atoms with Crippen molar-refractivity contribution in [3.63, 3.8) is 0 Å². The van der Waals surface area contributed by atoms with E-state index in [1.807, 2.05) is 41.9 Å². The van der Waals surface area contributed by atoms with E-state index < -0.39 is 11.8 Å². The highest BCUT2D eigenvalue weighted by Gasteiger charge is 2.27. The molecule has 0 saturated carbocycles. The lowest BCUT2D eigenvalue weighted by atomic mass is 10.1. The van der Waals surface area contributed by atoms with Crippen LogP contribution in [0.15, 0.2) is 60.8 Å². The molecule has 0 atom stereocenters. The molecule has 2 aliphatic rings. The predicted octanol–water partition coefficient (Wildman–Crippen LogP) is 6.29. The molecule has 0 spiro atoms. The van der Waals surface area contributed by atoms with E-state index in [4.69, 9.17) is 27.9 Å². The van der Waals surface area contributed by atoms with Crippen LogP contribution >= 0.6 is 23.2 Å². The predicted molar refractivity (Wildman–Crippen MR) is 150 cm³/mol. The smallest absolute Gasteiger partial charge is 0.329 e. The number of fused-ring (bicyclic) bond motifs is 1. The van der Waals surface area contributed by atoms with Crippen LogP contribution in [0.25, 0.3) is 11.4 Å². The Hall–Kier alpha value is -3.92. The first-order chi connectivity index (χ1) is 19.2.